The number of halogens is 1. The van der Waals surface area contributed by atoms with Gasteiger partial charge in [0.05, 0.1) is 22.7 Å². The maximum absolute atomic E-state index is 6.49. The van der Waals surface area contributed by atoms with Gasteiger partial charge < -0.3 is 14.6 Å². The van der Waals surface area contributed by atoms with Gasteiger partial charge in [0.25, 0.3) is 0 Å². The summed E-state index contributed by atoms with van der Waals surface area (Å²) in [5.41, 5.74) is 4.37. The topological polar surface area (TPSA) is 41.1 Å². The molecule has 0 radical (unpaired) electrons. The van der Waals surface area contributed by atoms with Gasteiger partial charge in [-0.25, -0.2) is 4.98 Å². The first-order valence-electron chi connectivity index (χ1n) is 10.6. The highest BCUT2D eigenvalue weighted by Crippen LogP contribution is 2.31. The van der Waals surface area contributed by atoms with E-state index in [1.807, 2.05) is 18.2 Å². The SMILES string of the molecule is CC(C)(C)c1ccc2nc(-c3ccc(OCCCN4CCCC4)c(Cl)c3)[nH]c2c1. The van der Waals surface area contributed by atoms with Crippen LogP contribution in [0, 0.1) is 0 Å². The Labute approximate surface area is 178 Å². The molecule has 1 aliphatic rings. The summed E-state index contributed by atoms with van der Waals surface area (Å²) in [6.07, 6.45) is 3.68. The van der Waals surface area contributed by atoms with E-state index in [1.54, 1.807) is 0 Å². The number of rotatable bonds is 6. The normalized spacial score (nSPS) is 15.3. The summed E-state index contributed by atoms with van der Waals surface area (Å²) in [5.74, 6) is 1.57. The van der Waals surface area contributed by atoms with Gasteiger partial charge in [0.15, 0.2) is 0 Å². The summed E-state index contributed by atoms with van der Waals surface area (Å²) in [7, 11) is 0. The standard InChI is InChI=1S/C24H30ClN3O/c1-24(2,3)18-8-9-20-21(16-18)27-23(26-20)17-7-10-22(19(25)15-17)29-14-6-13-28-11-4-5-12-28/h7-10,15-16H,4-6,11-14H2,1-3H3,(H,26,27). The first-order chi connectivity index (χ1) is 13.9. The minimum absolute atomic E-state index is 0.108. The van der Waals surface area contributed by atoms with E-state index in [-0.39, 0.29) is 5.41 Å². The lowest BCUT2D eigenvalue weighted by Gasteiger charge is -2.18. The molecule has 5 heteroatoms. The molecular weight excluding hydrogens is 382 g/mol. The van der Waals surface area contributed by atoms with Gasteiger partial charge in [-0.05, 0) is 73.7 Å². The maximum atomic E-state index is 6.49. The number of likely N-dealkylation sites (tertiary alicyclic amines) is 1. The second kappa shape index (κ2) is 8.37. The number of fused-ring (bicyclic) bond motifs is 1. The van der Waals surface area contributed by atoms with Crippen molar-refractivity contribution in [3.8, 4) is 17.1 Å². The molecule has 0 bridgehead atoms. The highest BCUT2D eigenvalue weighted by molar-refractivity contribution is 6.32. The van der Waals surface area contributed by atoms with Gasteiger partial charge >= 0.3 is 0 Å². The molecule has 1 aromatic heterocycles. The van der Waals surface area contributed by atoms with Gasteiger partial charge in [-0.1, -0.05) is 38.4 Å². The van der Waals surface area contributed by atoms with Crippen LogP contribution < -0.4 is 4.74 Å². The highest BCUT2D eigenvalue weighted by Gasteiger charge is 2.16. The Kier molecular flexibility index (Phi) is 5.84. The van der Waals surface area contributed by atoms with Crippen LogP contribution in [0.1, 0.15) is 45.6 Å². The maximum Gasteiger partial charge on any atom is 0.138 e. The molecule has 1 saturated heterocycles. The van der Waals surface area contributed by atoms with E-state index >= 15 is 0 Å². The van der Waals surface area contributed by atoms with Crippen molar-refractivity contribution in [1.82, 2.24) is 14.9 Å². The Hall–Kier alpha value is -2.04. The van der Waals surface area contributed by atoms with E-state index in [2.05, 4.69) is 48.9 Å². The summed E-state index contributed by atoms with van der Waals surface area (Å²) >= 11 is 6.49. The molecule has 29 heavy (non-hydrogen) atoms. The fourth-order valence-corrected chi connectivity index (χ4v) is 4.09. The van der Waals surface area contributed by atoms with E-state index < -0.39 is 0 Å². The molecule has 1 fully saturated rings. The Morgan fingerprint density at radius 2 is 1.90 bits per heavy atom. The van der Waals surface area contributed by atoms with Crippen LogP contribution >= 0.6 is 11.6 Å². The van der Waals surface area contributed by atoms with Gasteiger partial charge in [-0.15, -0.1) is 0 Å². The molecule has 2 heterocycles. The van der Waals surface area contributed by atoms with Crippen LogP contribution in [-0.4, -0.2) is 41.1 Å². The summed E-state index contributed by atoms with van der Waals surface area (Å²) in [6.45, 7) is 10.9. The molecule has 4 rings (SSSR count). The molecule has 0 aliphatic carbocycles. The summed E-state index contributed by atoms with van der Waals surface area (Å²) in [4.78, 5) is 10.7. The smallest absolute Gasteiger partial charge is 0.138 e. The van der Waals surface area contributed by atoms with Crippen LogP contribution in [0.4, 0.5) is 0 Å². The van der Waals surface area contributed by atoms with Gasteiger partial charge in [-0.2, -0.15) is 0 Å². The average molecular weight is 412 g/mol. The van der Waals surface area contributed by atoms with Crippen molar-refractivity contribution in [3.05, 3.63) is 47.0 Å². The van der Waals surface area contributed by atoms with Crippen LogP contribution in [-0.2, 0) is 5.41 Å². The van der Waals surface area contributed by atoms with Gasteiger partial charge in [-0.3, -0.25) is 0 Å². The molecule has 3 aromatic rings. The first-order valence-corrected chi connectivity index (χ1v) is 10.9. The molecule has 0 spiro atoms. The third-order valence-corrected chi connectivity index (χ3v) is 5.92. The molecule has 0 saturated carbocycles. The number of hydrogen-bond donors (Lipinski definition) is 1. The zero-order valence-corrected chi connectivity index (χ0v) is 18.4. The summed E-state index contributed by atoms with van der Waals surface area (Å²) in [6, 6.07) is 12.3. The highest BCUT2D eigenvalue weighted by atomic mass is 35.5. The van der Waals surface area contributed by atoms with E-state index in [9.17, 15) is 0 Å². The third kappa shape index (κ3) is 4.76. The van der Waals surface area contributed by atoms with Gasteiger partial charge in [0.1, 0.15) is 11.6 Å². The van der Waals surface area contributed by atoms with E-state index in [4.69, 9.17) is 21.3 Å². The van der Waals surface area contributed by atoms with Crippen LogP contribution in [0.25, 0.3) is 22.4 Å². The molecule has 1 N–H and O–H groups in total. The number of aromatic nitrogens is 2. The second-order valence-electron chi connectivity index (χ2n) is 8.96. The zero-order chi connectivity index (χ0) is 20.4. The molecular formula is C24H30ClN3O. The number of nitrogens with zero attached hydrogens (tertiary/aromatic N) is 2. The van der Waals surface area contributed by atoms with Crippen molar-refractivity contribution < 1.29 is 4.74 Å². The average Bonchev–Trinajstić information content (AvgIpc) is 3.34. The number of H-pyrrole nitrogens is 1. The molecule has 0 amide bonds. The van der Waals surface area contributed by atoms with Crippen LogP contribution in [0.3, 0.4) is 0 Å². The number of aromatic amines is 1. The van der Waals surface area contributed by atoms with Crippen LogP contribution in [0.5, 0.6) is 5.75 Å². The van der Waals surface area contributed by atoms with Crippen molar-refractivity contribution in [2.45, 2.75) is 45.4 Å². The van der Waals surface area contributed by atoms with Crippen LogP contribution in [0.15, 0.2) is 36.4 Å². The van der Waals surface area contributed by atoms with Crippen molar-refractivity contribution in [3.63, 3.8) is 0 Å². The minimum Gasteiger partial charge on any atom is -0.492 e. The fourth-order valence-electron chi connectivity index (χ4n) is 3.85. The van der Waals surface area contributed by atoms with Crippen molar-refractivity contribution in [1.29, 1.82) is 0 Å². The molecule has 4 nitrogen and oxygen atoms in total. The lowest BCUT2D eigenvalue weighted by Crippen LogP contribution is -2.21. The van der Waals surface area contributed by atoms with E-state index in [0.29, 0.717) is 11.6 Å². The van der Waals surface area contributed by atoms with Crippen molar-refractivity contribution >= 4 is 22.6 Å². The Morgan fingerprint density at radius 1 is 1.10 bits per heavy atom. The third-order valence-electron chi connectivity index (χ3n) is 5.63. The Morgan fingerprint density at radius 3 is 2.62 bits per heavy atom. The van der Waals surface area contributed by atoms with Crippen molar-refractivity contribution in [2.24, 2.45) is 0 Å². The quantitative estimate of drug-likeness (QED) is 0.502. The lowest BCUT2D eigenvalue weighted by atomic mass is 9.87. The second-order valence-corrected chi connectivity index (χ2v) is 9.37. The predicted octanol–water partition coefficient (Wildman–Crippen LogP) is 6.05. The molecule has 1 aliphatic heterocycles. The predicted molar refractivity (Wildman–Crippen MR) is 121 cm³/mol. The Bertz CT molecular complexity index is 983. The van der Waals surface area contributed by atoms with Crippen LogP contribution in [0.2, 0.25) is 5.02 Å². The molecule has 0 unspecified atom stereocenters. The van der Waals surface area contributed by atoms with Gasteiger partial charge in [0, 0.05) is 12.1 Å². The first kappa shape index (κ1) is 20.2. The molecule has 2 aromatic carbocycles. The van der Waals surface area contributed by atoms with E-state index in [1.165, 1.54) is 31.5 Å². The van der Waals surface area contributed by atoms with E-state index in [0.717, 1.165) is 41.1 Å². The minimum atomic E-state index is 0.108. The number of hydrogen-bond acceptors (Lipinski definition) is 3. The fraction of sp³-hybridized carbons (Fsp3) is 0.458. The monoisotopic (exact) mass is 411 g/mol. The molecule has 0 atom stereocenters. The van der Waals surface area contributed by atoms with Crippen molar-refractivity contribution in [2.75, 3.05) is 26.2 Å². The number of ether oxygens (including phenoxy) is 1. The zero-order valence-electron chi connectivity index (χ0n) is 17.6. The summed E-state index contributed by atoms with van der Waals surface area (Å²) in [5, 5.41) is 0.625. The Balaban J connectivity index is 1.44. The van der Waals surface area contributed by atoms with Gasteiger partial charge in [0.2, 0.25) is 0 Å². The largest absolute Gasteiger partial charge is 0.492 e. The number of imidazole rings is 1. The lowest BCUT2D eigenvalue weighted by molar-refractivity contribution is 0.263. The number of benzene rings is 2. The number of nitrogens with one attached hydrogen (secondary N) is 1. The summed E-state index contributed by atoms with van der Waals surface area (Å²) < 4.78 is 5.91. The molecule has 154 valence electrons.